The maximum Gasteiger partial charge on any atom is 0.397 e. The molecule has 1 N–H and O–H groups in total. The molecule has 0 radical (unpaired) electrons. The van der Waals surface area contributed by atoms with Gasteiger partial charge in [-0.2, -0.15) is 8.42 Å². The van der Waals surface area contributed by atoms with Gasteiger partial charge in [-0.3, -0.25) is 4.55 Å². The first-order valence-corrected chi connectivity index (χ1v) is 5.97. The minimum atomic E-state index is -4.35. The summed E-state index contributed by atoms with van der Waals surface area (Å²) in [5, 5.41) is 0. The molecule has 0 fully saturated rings. The van der Waals surface area contributed by atoms with E-state index >= 15 is 0 Å². The van der Waals surface area contributed by atoms with Gasteiger partial charge in [0.2, 0.25) is 0 Å². The molecule has 0 bridgehead atoms. The van der Waals surface area contributed by atoms with Gasteiger partial charge in [0.25, 0.3) is 0 Å². The molecule has 15 heavy (non-hydrogen) atoms. The van der Waals surface area contributed by atoms with Gasteiger partial charge >= 0.3 is 10.4 Å². The zero-order valence-corrected chi connectivity index (χ0v) is 9.22. The Labute approximate surface area is 89.3 Å². The van der Waals surface area contributed by atoms with Crippen molar-refractivity contribution < 1.29 is 21.7 Å². The van der Waals surface area contributed by atoms with Crippen LogP contribution < -0.4 is 4.57 Å². The summed E-state index contributed by atoms with van der Waals surface area (Å²) < 4.78 is 35.4. The Morgan fingerprint density at radius 2 is 1.93 bits per heavy atom. The fraction of sp³-hybridized carbons (Fsp3) is 0.444. The Morgan fingerprint density at radius 3 is 2.40 bits per heavy atom. The van der Waals surface area contributed by atoms with Gasteiger partial charge in [-0.25, -0.2) is 8.75 Å². The van der Waals surface area contributed by atoms with E-state index in [0.29, 0.717) is 6.42 Å². The van der Waals surface area contributed by atoms with Gasteiger partial charge in [-0.05, 0) is 0 Å². The minimum Gasteiger partial charge on any atom is -0.264 e. The molecule has 0 aliphatic carbocycles. The van der Waals surface area contributed by atoms with Crippen LogP contribution in [0.15, 0.2) is 30.6 Å². The predicted molar refractivity (Wildman–Crippen MR) is 53.5 cm³/mol. The van der Waals surface area contributed by atoms with Gasteiger partial charge in [0.05, 0.1) is 0 Å². The lowest BCUT2D eigenvalue weighted by atomic mass is 10.2. The van der Waals surface area contributed by atoms with Crippen LogP contribution in [0, 0.1) is 0 Å². The lowest BCUT2D eigenvalue weighted by Gasteiger charge is -2.08. The van der Waals surface area contributed by atoms with Crippen LogP contribution in [0.5, 0.6) is 0 Å². The van der Waals surface area contributed by atoms with E-state index in [2.05, 4.69) is 4.18 Å². The fourth-order valence-electron chi connectivity index (χ4n) is 1.23. The van der Waals surface area contributed by atoms with E-state index in [0.717, 1.165) is 0 Å². The van der Waals surface area contributed by atoms with Crippen molar-refractivity contribution in [2.24, 2.45) is 0 Å². The van der Waals surface area contributed by atoms with Crippen LogP contribution in [0.4, 0.5) is 0 Å². The molecule has 0 spiro atoms. The zero-order valence-electron chi connectivity index (χ0n) is 8.41. The molecule has 1 heterocycles. The highest BCUT2D eigenvalue weighted by molar-refractivity contribution is 7.80. The molecule has 1 unspecified atom stereocenters. The normalized spacial score (nSPS) is 13.7. The molecule has 5 nitrogen and oxygen atoms in total. The first-order valence-electron chi connectivity index (χ1n) is 4.60. The first kappa shape index (κ1) is 12.1. The monoisotopic (exact) mass is 232 g/mol. The molecule has 1 rings (SSSR count). The zero-order chi connectivity index (χ0) is 11.3. The van der Waals surface area contributed by atoms with Crippen molar-refractivity contribution in [3.05, 3.63) is 30.6 Å². The van der Waals surface area contributed by atoms with Crippen molar-refractivity contribution in [3.63, 3.8) is 0 Å². The van der Waals surface area contributed by atoms with Crippen molar-refractivity contribution in [2.45, 2.75) is 19.4 Å². The second-order valence-electron chi connectivity index (χ2n) is 3.10. The summed E-state index contributed by atoms with van der Waals surface area (Å²) in [6.07, 6.45) is 4.35. The fourth-order valence-corrected chi connectivity index (χ4v) is 1.56. The summed E-state index contributed by atoms with van der Waals surface area (Å²) in [6.45, 7) is 1.85. The molecule has 1 aromatic rings. The lowest BCUT2D eigenvalue weighted by Crippen LogP contribution is -2.41. The number of pyridine rings is 1. The molecule has 0 amide bonds. The summed E-state index contributed by atoms with van der Waals surface area (Å²) in [6, 6.07) is 5.45. The van der Waals surface area contributed by atoms with E-state index in [9.17, 15) is 8.42 Å². The quantitative estimate of drug-likeness (QED) is 0.600. The smallest absolute Gasteiger partial charge is 0.264 e. The molecule has 84 valence electrons. The first-order chi connectivity index (χ1) is 7.03. The molecule has 0 saturated heterocycles. The standard InChI is InChI=1S/C9H13NO4S/c1-2-9(8-14-15(11,12)13)10-6-4-3-5-7-10/h3-7,9H,2,8H2,1H3/p+1. The third-order valence-electron chi connectivity index (χ3n) is 2.04. The van der Waals surface area contributed by atoms with Crippen LogP contribution in [0.3, 0.4) is 0 Å². The van der Waals surface area contributed by atoms with Gasteiger partial charge in [-0.1, -0.05) is 13.0 Å². The number of hydrogen-bond acceptors (Lipinski definition) is 3. The average molecular weight is 232 g/mol. The van der Waals surface area contributed by atoms with Crippen molar-refractivity contribution >= 4 is 10.4 Å². The van der Waals surface area contributed by atoms with Crippen molar-refractivity contribution in [1.82, 2.24) is 0 Å². The third kappa shape index (κ3) is 4.37. The van der Waals surface area contributed by atoms with E-state index < -0.39 is 10.4 Å². The van der Waals surface area contributed by atoms with Crippen LogP contribution in [0.25, 0.3) is 0 Å². The van der Waals surface area contributed by atoms with E-state index in [1.165, 1.54) is 0 Å². The topological polar surface area (TPSA) is 67.5 Å². The minimum absolute atomic E-state index is 0.0655. The molecular formula is C9H14NO4S+. The highest BCUT2D eigenvalue weighted by Crippen LogP contribution is 2.04. The van der Waals surface area contributed by atoms with Crippen LogP contribution in [0.2, 0.25) is 0 Å². The summed E-state index contributed by atoms with van der Waals surface area (Å²) in [5.74, 6) is 0. The molecule has 0 saturated carbocycles. The van der Waals surface area contributed by atoms with Gasteiger partial charge in [0, 0.05) is 18.6 Å². The number of aromatic nitrogens is 1. The largest absolute Gasteiger partial charge is 0.397 e. The Bertz CT molecular complexity index is 390. The Balaban J connectivity index is 2.66. The molecular weight excluding hydrogens is 218 g/mol. The third-order valence-corrected chi connectivity index (χ3v) is 2.47. The van der Waals surface area contributed by atoms with E-state index in [4.69, 9.17) is 4.55 Å². The summed E-state index contributed by atoms with van der Waals surface area (Å²) in [5.41, 5.74) is 0. The predicted octanol–water partition coefficient (Wildman–Crippen LogP) is 0.745. The molecule has 0 aromatic carbocycles. The highest BCUT2D eigenvalue weighted by Gasteiger charge is 2.18. The van der Waals surface area contributed by atoms with Gasteiger partial charge in [-0.15, -0.1) is 0 Å². The Morgan fingerprint density at radius 1 is 1.33 bits per heavy atom. The van der Waals surface area contributed by atoms with E-state index in [1.54, 1.807) is 0 Å². The van der Waals surface area contributed by atoms with Gasteiger partial charge < -0.3 is 0 Å². The van der Waals surface area contributed by atoms with Crippen LogP contribution in [0.1, 0.15) is 19.4 Å². The number of rotatable bonds is 5. The maximum absolute atomic E-state index is 10.4. The summed E-state index contributed by atoms with van der Waals surface area (Å²) in [4.78, 5) is 0. The van der Waals surface area contributed by atoms with E-state index in [-0.39, 0.29) is 12.6 Å². The second kappa shape index (κ2) is 5.20. The van der Waals surface area contributed by atoms with Gasteiger partial charge in [0.15, 0.2) is 18.4 Å². The van der Waals surface area contributed by atoms with Crippen molar-refractivity contribution in [2.75, 3.05) is 6.61 Å². The average Bonchev–Trinajstić information content (AvgIpc) is 2.19. The van der Waals surface area contributed by atoms with Crippen LogP contribution >= 0.6 is 0 Å². The second-order valence-corrected chi connectivity index (χ2v) is 4.19. The molecule has 0 aliphatic rings. The van der Waals surface area contributed by atoms with Crippen molar-refractivity contribution in [3.8, 4) is 0 Å². The highest BCUT2D eigenvalue weighted by atomic mass is 32.3. The summed E-state index contributed by atoms with van der Waals surface area (Å²) in [7, 11) is -4.35. The Kier molecular flexibility index (Phi) is 4.19. The number of hydrogen-bond donors (Lipinski definition) is 1. The van der Waals surface area contributed by atoms with Crippen LogP contribution in [-0.4, -0.2) is 19.6 Å². The van der Waals surface area contributed by atoms with E-state index in [1.807, 2.05) is 42.1 Å². The van der Waals surface area contributed by atoms with Crippen LogP contribution in [-0.2, 0) is 14.6 Å². The molecule has 1 atom stereocenters. The maximum atomic E-state index is 10.4. The van der Waals surface area contributed by atoms with Crippen molar-refractivity contribution in [1.29, 1.82) is 0 Å². The molecule has 6 heteroatoms. The number of nitrogens with zero attached hydrogens (tertiary/aromatic N) is 1. The lowest BCUT2D eigenvalue weighted by molar-refractivity contribution is -0.724. The Hall–Kier alpha value is -0.980. The van der Waals surface area contributed by atoms with Gasteiger partial charge in [0.1, 0.15) is 6.61 Å². The molecule has 0 aliphatic heterocycles. The molecule has 1 aromatic heterocycles. The SMILES string of the molecule is CCC(COS(=O)(=O)O)[n+]1ccccc1. The summed E-state index contributed by atoms with van der Waals surface area (Å²) >= 11 is 0.